The third-order valence-corrected chi connectivity index (χ3v) is 3.00. The molecule has 0 N–H and O–H groups in total. The van der Waals surface area contributed by atoms with Gasteiger partial charge in [-0.3, -0.25) is 0 Å². The first-order chi connectivity index (χ1) is 10.3. The molecule has 0 saturated carbocycles. The largest absolute Gasteiger partial charge is 0.487 e. The molecule has 0 unspecified atom stereocenters. The maximum atomic E-state index is 11.7. The molecule has 0 amide bonds. The van der Waals surface area contributed by atoms with E-state index in [9.17, 15) is 4.79 Å². The number of ether oxygens (including phenoxy) is 1. The van der Waals surface area contributed by atoms with Crippen LogP contribution in [0.15, 0.2) is 71.4 Å². The zero-order chi connectivity index (χ0) is 14.5. The van der Waals surface area contributed by atoms with Gasteiger partial charge in [-0.25, -0.2) is 4.79 Å². The third-order valence-electron chi connectivity index (χ3n) is 3.00. The van der Waals surface area contributed by atoms with Crippen molar-refractivity contribution >= 4 is 17.8 Å². The highest BCUT2D eigenvalue weighted by Gasteiger charge is 2.25. The van der Waals surface area contributed by atoms with Gasteiger partial charge in [-0.05, 0) is 23.8 Å². The molecule has 21 heavy (non-hydrogen) atoms. The topological polar surface area (TPSA) is 47.9 Å². The number of hydrogen-bond acceptors (Lipinski definition) is 4. The SMILES string of the molecule is O=C1ON=C(COc2ccccc2)/C1=C\c1ccccc1. The molecule has 4 nitrogen and oxygen atoms in total. The van der Waals surface area contributed by atoms with Gasteiger partial charge < -0.3 is 9.57 Å². The molecule has 1 aliphatic heterocycles. The average molecular weight is 279 g/mol. The van der Waals surface area contributed by atoms with Crippen LogP contribution in [-0.4, -0.2) is 18.3 Å². The number of oxime groups is 1. The fourth-order valence-corrected chi connectivity index (χ4v) is 1.94. The van der Waals surface area contributed by atoms with Crippen molar-refractivity contribution in [2.75, 3.05) is 6.61 Å². The first-order valence-electron chi connectivity index (χ1n) is 6.56. The van der Waals surface area contributed by atoms with Crippen molar-refractivity contribution in [1.29, 1.82) is 0 Å². The molecule has 1 aliphatic rings. The Morgan fingerprint density at radius 1 is 1.00 bits per heavy atom. The lowest BCUT2D eigenvalue weighted by molar-refractivity contribution is -0.136. The Balaban J connectivity index is 1.75. The number of hydrogen-bond donors (Lipinski definition) is 0. The monoisotopic (exact) mass is 279 g/mol. The van der Waals surface area contributed by atoms with E-state index in [1.807, 2.05) is 60.7 Å². The van der Waals surface area contributed by atoms with Crippen LogP contribution in [0.25, 0.3) is 6.08 Å². The lowest BCUT2D eigenvalue weighted by Gasteiger charge is -2.05. The Morgan fingerprint density at radius 3 is 2.38 bits per heavy atom. The Morgan fingerprint density at radius 2 is 1.67 bits per heavy atom. The van der Waals surface area contributed by atoms with Crippen LogP contribution in [0.5, 0.6) is 5.75 Å². The molecule has 1 heterocycles. The molecule has 0 aromatic heterocycles. The quantitative estimate of drug-likeness (QED) is 0.638. The summed E-state index contributed by atoms with van der Waals surface area (Å²) in [7, 11) is 0. The highest BCUT2D eigenvalue weighted by molar-refractivity contribution is 6.25. The van der Waals surface area contributed by atoms with E-state index < -0.39 is 5.97 Å². The molecule has 0 spiro atoms. The van der Waals surface area contributed by atoms with E-state index in [0.717, 1.165) is 11.3 Å². The van der Waals surface area contributed by atoms with Crippen LogP contribution < -0.4 is 4.74 Å². The lowest BCUT2D eigenvalue weighted by atomic mass is 10.1. The van der Waals surface area contributed by atoms with Crippen molar-refractivity contribution in [3.05, 3.63) is 71.8 Å². The summed E-state index contributed by atoms with van der Waals surface area (Å²) < 4.78 is 5.60. The van der Waals surface area contributed by atoms with Crippen molar-refractivity contribution in [2.45, 2.75) is 0 Å². The summed E-state index contributed by atoms with van der Waals surface area (Å²) in [4.78, 5) is 16.5. The Bertz CT molecular complexity index is 690. The molecule has 0 fully saturated rings. The van der Waals surface area contributed by atoms with Crippen molar-refractivity contribution in [3.63, 3.8) is 0 Å². The summed E-state index contributed by atoms with van der Waals surface area (Å²) in [6, 6.07) is 18.9. The van der Waals surface area contributed by atoms with Crippen LogP contribution in [0, 0.1) is 0 Å². The number of benzene rings is 2. The second-order valence-corrected chi connectivity index (χ2v) is 4.49. The van der Waals surface area contributed by atoms with E-state index >= 15 is 0 Å². The fraction of sp³-hybridized carbons (Fsp3) is 0.0588. The van der Waals surface area contributed by atoms with Crippen LogP contribution in [0.3, 0.4) is 0 Å². The van der Waals surface area contributed by atoms with Gasteiger partial charge in [-0.1, -0.05) is 53.7 Å². The van der Waals surface area contributed by atoms with Crippen LogP contribution in [0.4, 0.5) is 0 Å². The lowest BCUT2D eigenvalue weighted by Crippen LogP contribution is -2.14. The van der Waals surface area contributed by atoms with Crippen LogP contribution in [-0.2, 0) is 9.63 Å². The fourth-order valence-electron chi connectivity index (χ4n) is 1.94. The second kappa shape index (κ2) is 6.05. The Kier molecular flexibility index (Phi) is 3.78. The highest BCUT2D eigenvalue weighted by atomic mass is 16.7. The van der Waals surface area contributed by atoms with E-state index in [1.54, 1.807) is 6.08 Å². The molecule has 0 radical (unpaired) electrons. The standard InChI is InChI=1S/C17H13NO3/c19-17-15(11-13-7-3-1-4-8-13)16(18-21-17)12-20-14-9-5-2-6-10-14/h1-11H,12H2/b15-11+. The van der Waals surface area contributed by atoms with E-state index in [1.165, 1.54) is 0 Å². The minimum atomic E-state index is -0.453. The Hall–Kier alpha value is -2.88. The van der Waals surface area contributed by atoms with E-state index in [2.05, 4.69) is 5.16 Å². The number of nitrogens with zero attached hydrogens (tertiary/aromatic N) is 1. The maximum Gasteiger partial charge on any atom is 0.367 e. The van der Waals surface area contributed by atoms with Crippen molar-refractivity contribution in [3.8, 4) is 5.75 Å². The van der Waals surface area contributed by atoms with E-state index in [-0.39, 0.29) is 6.61 Å². The van der Waals surface area contributed by atoms with Gasteiger partial charge in [-0.2, -0.15) is 0 Å². The molecule has 0 bridgehead atoms. The predicted molar refractivity (Wildman–Crippen MR) is 79.9 cm³/mol. The van der Waals surface area contributed by atoms with E-state index in [4.69, 9.17) is 9.57 Å². The van der Waals surface area contributed by atoms with Crippen LogP contribution in [0.1, 0.15) is 5.56 Å². The smallest absolute Gasteiger partial charge is 0.367 e. The normalized spacial score (nSPS) is 15.7. The molecule has 0 aliphatic carbocycles. The summed E-state index contributed by atoms with van der Waals surface area (Å²) in [6.45, 7) is 0.189. The molecular formula is C17H13NO3. The summed E-state index contributed by atoms with van der Waals surface area (Å²) in [5.41, 5.74) is 1.84. The van der Waals surface area contributed by atoms with Gasteiger partial charge in [0.1, 0.15) is 18.1 Å². The minimum absolute atomic E-state index is 0.189. The molecule has 2 aromatic carbocycles. The zero-order valence-corrected chi connectivity index (χ0v) is 11.2. The third kappa shape index (κ3) is 3.17. The zero-order valence-electron chi connectivity index (χ0n) is 11.2. The second-order valence-electron chi connectivity index (χ2n) is 4.49. The number of para-hydroxylation sites is 1. The number of carbonyl (C=O) groups excluding carboxylic acids is 1. The Labute approximate surface area is 122 Å². The first kappa shape index (κ1) is 13.1. The van der Waals surface area contributed by atoms with Crippen LogP contribution in [0.2, 0.25) is 0 Å². The first-order valence-corrected chi connectivity index (χ1v) is 6.56. The molecule has 104 valence electrons. The minimum Gasteiger partial charge on any atom is -0.487 e. The molecule has 0 saturated heterocycles. The molecule has 3 rings (SSSR count). The molecule has 2 aromatic rings. The molecular weight excluding hydrogens is 266 g/mol. The van der Waals surface area contributed by atoms with Gasteiger partial charge in [0, 0.05) is 0 Å². The predicted octanol–water partition coefficient (Wildman–Crippen LogP) is 3.06. The summed E-state index contributed by atoms with van der Waals surface area (Å²) in [5, 5.41) is 3.78. The number of rotatable bonds is 4. The van der Waals surface area contributed by atoms with Crippen LogP contribution >= 0.6 is 0 Å². The average Bonchev–Trinajstić information content (AvgIpc) is 2.88. The van der Waals surface area contributed by atoms with Crippen molar-refractivity contribution < 1.29 is 14.4 Å². The van der Waals surface area contributed by atoms with Gasteiger partial charge in [0.25, 0.3) is 0 Å². The van der Waals surface area contributed by atoms with Gasteiger partial charge in [-0.15, -0.1) is 0 Å². The van der Waals surface area contributed by atoms with E-state index in [0.29, 0.717) is 11.3 Å². The van der Waals surface area contributed by atoms with Crippen molar-refractivity contribution in [2.24, 2.45) is 5.16 Å². The summed E-state index contributed by atoms with van der Waals surface area (Å²) in [5.74, 6) is 0.268. The molecule has 0 atom stereocenters. The van der Waals surface area contributed by atoms with Gasteiger partial charge in [0.15, 0.2) is 0 Å². The van der Waals surface area contributed by atoms with Crippen molar-refractivity contribution in [1.82, 2.24) is 0 Å². The van der Waals surface area contributed by atoms with Gasteiger partial charge in [0.05, 0.1) is 5.57 Å². The molecule has 4 heteroatoms. The summed E-state index contributed by atoms with van der Waals surface area (Å²) >= 11 is 0. The van der Waals surface area contributed by atoms with Gasteiger partial charge >= 0.3 is 5.97 Å². The maximum absolute atomic E-state index is 11.7. The number of carbonyl (C=O) groups is 1. The van der Waals surface area contributed by atoms with Gasteiger partial charge in [0.2, 0.25) is 0 Å². The highest BCUT2D eigenvalue weighted by Crippen LogP contribution is 2.17. The summed E-state index contributed by atoms with van der Waals surface area (Å²) in [6.07, 6.45) is 1.75.